The number of halogens is 4. The molecule has 0 saturated heterocycles. The summed E-state index contributed by atoms with van der Waals surface area (Å²) >= 11 is 9.58. The molecule has 0 amide bonds. The Morgan fingerprint density at radius 1 is 1.16 bits per heavy atom. The van der Waals surface area contributed by atoms with Gasteiger partial charge in [-0.05, 0) is 35.2 Å². The van der Waals surface area contributed by atoms with Gasteiger partial charge in [0.2, 0.25) is 0 Å². The van der Waals surface area contributed by atoms with Crippen molar-refractivity contribution in [2.24, 2.45) is 0 Å². The van der Waals surface area contributed by atoms with Crippen molar-refractivity contribution in [1.82, 2.24) is 0 Å². The average Bonchev–Trinajstić information content (AvgIpc) is 2.35. The molecule has 2 aromatic rings. The van der Waals surface area contributed by atoms with E-state index < -0.39 is 11.6 Å². The van der Waals surface area contributed by atoms with Crippen molar-refractivity contribution >= 4 is 27.5 Å². The lowest BCUT2D eigenvalue weighted by Crippen LogP contribution is -2.21. The second kappa shape index (κ2) is 4.88. The Labute approximate surface area is 123 Å². The molecule has 0 saturated carbocycles. The summed E-state index contributed by atoms with van der Waals surface area (Å²) < 4.78 is 26.4. The van der Waals surface area contributed by atoms with Gasteiger partial charge in [0.05, 0.1) is 0 Å². The number of fused-ring (bicyclic) bond motifs is 1. The minimum absolute atomic E-state index is 0.106. The lowest BCUT2D eigenvalue weighted by Gasteiger charge is -2.34. The van der Waals surface area contributed by atoms with Crippen LogP contribution in [0.15, 0.2) is 36.4 Å². The SMILES string of the molecule is Fc1cc(Cl)c(C(Br)C2Cc3ccccc32)cc1F. The molecule has 0 nitrogen and oxygen atoms in total. The van der Waals surface area contributed by atoms with Crippen molar-refractivity contribution in [2.75, 3.05) is 0 Å². The van der Waals surface area contributed by atoms with Crippen molar-refractivity contribution in [2.45, 2.75) is 17.2 Å². The minimum atomic E-state index is -0.914. The molecule has 0 aromatic heterocycles. The van der Waals surface area contributed by atoms with Crippen LogP contribution in [0.1, 0.15) is 27.4 Å². The van der Waals surface area contributed by atoms with Gasteiger partial charge in [-0.2, -0.15) is 0 Å². The van der Waals surface area contributed by atoms with Crippen LogP contribution in [-0.2, 0) is 6.42 Å². The first kappa shape index (κ1) is 13.1. The monoisotopic (exact) mass is 342 g/mol. The Morgan fingerprint density at radius 2 is 1.84 bits per heavy atom. The molecule has 0 fully saturated rings. The van der Waals surface area contributed by atoms with Gasteiger partial charge in [0, 0.05) is 15.8 Å². The molecule has 3 rings (SSSR count). The second-order valence-corrected chi connectivity index (χ2v) is 6.09. The standard InChI is InChI=1S/C15H10BrClF2/c16-15(10-5-8-3-1-2-4-9(8)10)11-6-13(18)14(19)7-12(11)17/h1-4,6-7,10,15H,5H2. The predicted octanol–water partition coefficient (Wildman–Crippen LogP) is 5.39. The molecule has 0 bridgehead atoms. The van der Waals surface area contributed by atoms with Crippen molar-refractivity contribution < 1.29 is 8.78 Å². The first-order valence-corrected chi connectivity index (χ1v) is 7.23. The summed E-state index contributed by atoms with van der Waals surface area (Å²) in [5.41, 5.74) is 3.14. The zero-order valence-electron chi connectivity index (χ0n) is 9.84. The smallest absolute Gasteiger partial charge is 0.160 e. The maximum Gasteiger partial charge on any atom is 0.160 e. The van der Waals surface area contributed by atoms with Gasteiger partial charge in [-0.3, -0.25) is 0 Å². The molecular weight excluding hydrogens is 334 g/mol. The fraction of sp³-hybridized carbons (Fsp3) is 0.200. The van der Waals surface area contributed by atoms with Crippen molar-refractivity contribution in [3.63, 3.8) is 0 Å². The summed E-state index contributed by atoms with van der Waals surface area (Å²) in [5, 5.41) is 0.255. The quantitative estimate of drug-likeness (QED) is 0.506. The number of alkyl halides is 1. The van der Waals surface area contributed by atoms with Crippen LogP contribution >= 0.6 is 27.5 Å². The van der Waals surface area contributed by atoms with Crippen LogP contribution in [-0.4, -0.2) is 0 Å². The van der Waals surface area contributed by atoms with Gasteiger partial charge >= 0.3 is 0 Å². The second-order valence-electron chi connectivity index (χ2n) is 4.70. The van der Waals surface area contributed by atoms with E-state index >= 15 is 0 Å². The van der Waals surface area contributed by atoms with Gasteiger partial charge in [0.25, 0.3) is 0 Å². The van der Waals surface area contributed by atoms with Gasteiger partial charge in [-0.25, -0.2) is 8.78 Å². The topological polar surface area (TPSA) is 0 Å². The molecule has 1 aliphatic carbocycles. The Balaban J connectivity index is 1.94. The summed E-state index contributed by atoms with van der Waals surface area (Å²) in [4.78, 5) is -0.106. The molecule has 0 heterocycles. The molecule has 2 unspecified atom stereocenters. The highest BCUT2D eigenvalue weighted by Gasteiger charge is 2.33. The molecule has 2 aromatic carbocycles. The van der Waals surface area contributed by atoms with Crippen molar-refractivity contribution in [1.29, 1.82) is 0 Å². The van der Waals surface area contributed by atoms with Crippen molar-refractivity contribution in [3.05, 3.63) is 69.7 Å². The Bertz CT molecular complexity index is 642. The lowest BCUT2D eigenvalue weighted by atomic mass is 9.74. The van der Waals surface area contributed by atoms with Crippen LogP contribution in [0.4, 0.5) is 8.78 Å². The van der Waals surface area contributed by atoms with E-state index in [4.69, 9.17) is 11.6 Å². The maximum atomic E-state index is 13.3. The summed E-state index contributed by atoms with van der Waals surface area (Å²) in [7, 11) is 0. The largest absolute Gasteiger partial charge is 0.204 e. The molecule has 2 atom stereocenters. The third-order valence-corrected chi connectivity index (χ3v) is 5.04. The van der Waals surface area contributed by atoms with E-state index in [1.807, 2.05) is 12.1 Å². The molecular formula is C15H10BrClF2. The fourth-order valence-electron chi connectivity index (χ4n) is 2.52. The first-order valence-electron chi connectivity index (χ1n) is 5.94. The summed E-state index contributed by atoms with van der Waals surface area (Å²) in [5.74, 6) is -1.53. The normalized spacial score (nSPS) is 18.6. The summed E-state index contributed by atoms with van der Waals surface area (Å²) in [6.45, 7) is 0. The molecule has 4 heteroatoms. The highest BCUT2D eigenvalue weighted by molar-refractivity contribution is 9.09. The number of rotatable bonds is 2. The van der Waals surface area contributed by atoms with E-state index in [0.717, 1.165) is 12.5 Å². The predicted molar refractivity (Wildman–Crippen MR) is 75.9 cm³/mol. The van der Waals surface area contributed by atoms with E-state index in [2.05, 4.69) is 28.1 Å². The molecule has 0 aliphatic heterocycles. The zero-order chi connectivity index (χ0) is 13.6. The number of benzene rings is 2. The molecule has 0 radical (unpaired) electrons. The Morgan fingerprint density at radius 3 is 2.58 bits per heavy atom. The Hall–Kier alpha value is -0.930. The van der Waals surface area contributed by atoms with Crippen LogP contribution in [0.3, 0.4) is 0 Å². The minimum Gasteiger partial charge on any atom is -0.204 e. The Kier molecular flexibility index (Phi) is 3.35. The van der Waals surface area contributed by atoms with Crippen LogP contribution in [0.2, 0.25) is 5.02 Å². The van der Waals surface area contributed by atoms with E-state index in [1.165, 1.54) is 17.2 Å². The van der Waals surface area contributed by atoms with Crippen molar-refractivity contribution in [3.8, 4) is 0 Å². The molecule has 98 valence electrons. The van der Waals surface area contributed by atoms with Gasteiger partial charge in [0.15, 0.2) is 11.6 Å². The maximum absolute atomic E-state index is 13.3. The molecule has 0 spiro atoms. The van der Waals surface area contributed by atoms with E-state index in [1.54, 1.807) is 0 Å². The molecule has 19 heavy (non-hydrogen) atoms. The van der Waals surface area contributed by atoms with Gasteiger partial charge in [0.1, 0.15) is 0 Å². The van der Waals surface area contributed by atoms with Gasteiger partial charge in [-0.1, -0.05) is 51.8 Å². The lowest BCUT2D eigenvalue weighted by molar-refractivity contribution is 0.504. The first-order chi connectivity index (χ1) is 9.08. The van der Waals surface area contributed by atoms with Gasteiger partial charge < -0.3 is 0 Å². The van der Waals surface area contributed by atoms with E-state index in [0.29, 0.717) is 5.56 Å². The van der Waals surface area contributed by atoms with E-state index in [-0.39, 0.29) is 15.8 Å². The van der Waals surface area contributed by atoms with Gasteiger partial charge in [-0.15, -0.1) is 0 Å². The highest BCUT2D eigenvalue weighted by Crippen LogP contribution is 2.49. The fourth-order valence-corrected chi connectivity index (χ4v) is 3.77. The van der Waals surface area contributed by atoms with E-state index in [9.17, 15) is 8.78 Å². The van der Waals surface area contributed by atoms with Crippen LogP contribution < -0.4 is 0 Å². The summed E-state index contributed by atoms with van der Waals surface area (Å²) in [6.07, 6.45) is 0.918. The van der Waals surface area contributed by atoms with Crippen LogP contribution in [0.5, 0.6) is 0 Å². The number of hydrogen-bond donors (Lipinski definition) is 0. The summed E-state index contributed by atoms with van der Waals surface area (Å²) in [6, 6.07) is 10.3. The highest BCUT2D eigenvalue weighted by atomic mass is 79.9. The third kappa shape index (κ3) is 2.19. The van der Waals surface area contributed by atoms with Crippen LogP contribution in [0.25, 0.3) is 0 Å². The molecule has 0 N–H and O–H groups in total. The number of hydrogen-bond acceptors (Lipinski definition) is 0. The average molecular weight is 344 g/mol. The zero-order valence-corrected chi connectivity index (χ0v) is 12.2. The van der Waals surface area contributed by atoms with Crippen LogP contribution in [0, 0.1) is 11.6 Å². The molecule has 1 aliphatic rings. The third-order valence-electron chi connectivity index (χ3n) is 3.58.